The number of aryl methyl sites for hydroxylation is 1. The lowest BCUT2D eigenvalue weighted by atomic mass is 9.75. The maximum atomic E-state index is 12.7. The van der Waals surface area contributed by atoms with E-state index in [4.69, 9.17) is 4.74 Å². The lowest BCUT2D eigenvalue weighted by Gasteiger charge is -2.46. The number of carbonyl (C=O) groups is 2. The lowest BCUT2D eigenvalue weighted by molar-refractivity contribution is -0.0197. The van der Waals surface area contributed by atoms with Crippen LogP contribution in [0.5, 0.6) is 0 Å². The maximum absolute atomic E-state index is 12.7. The van der Waals surface area contributed by atoms with Gasteiger partial charge in [-0.3, -0.25) is 4.79 Å². The molecule has 0 radical (unpaired) electrons. The molecule has 4 nitrogen and oxygen atoms in total. The van der Waals surface area contributed by atoms with E-state index in [1.165, 1.54) is 5.56 Å². The molecule has 1 aliphatic rings. The Morgan fingerprint density at radius 3 is 2.22 bits per heavy atom. The Bertz CT molecular complexity index is 578. The van der Waals surface area contributed by atoms with E-state index in [1.54, 1.807) is 4.90 Å². The van der Waals surface area contributed by atoms with Crippen molar-refractivity contribution in [1.82, 2.24) is 4.90 Å². The van der Waals surface area contributed by atoms with Crippen LogP contribution in [-0.2, 0) is 11.2 Å². The summed E-state index contributed by atoms with van der Waals surface area (Å²) in [5.41, 5.74) is 0.945. The van der Waals surface area contributed by atoms with Crippen LogP contribution in [0.25, 0.3) is 0 Å². The highest BCUT2D eigenvalue weighted by molar-refractivity contribution is 6.02. The fourth-order valence-electron chi connectivity index (χ4n) is 2.86. The molecule has 1 amide bonds. The van der Waals surface area contributed by atoms with E-state index in [9.17, 15) is 9.59 Å². The van der Waals surface area contributed by atoms with E-state index in [2.05, 4.69) is 6.92 Å². The third-order valence-electron chi connectivity index (χ3n) is 4.03. The summed E-state index contributed by atoms with van der Waals surface area (Å²) in [6.07, 6.45) is 1.77. The molecule has 0 N–H and O–H groups in total. The Balaban J connectivity index is 1.97. The van der Waals surface area contributed by atoms with E-state index in [1.807, 2.05) is 52.0 Å². The standard InChI is InChI=1S/C19H27NO3/c1-6-7-14-8-10-15(11-9-14)16(21)19(5)12-20(13-19)17(22)23-18(2,3)4/h8-11H,6-7,12-13H2,1-5H3. The van der Waals surface area contributed by atoms with Crippen molar-refractivity contribution in [2.24, 2.45) is 5.41 Å². The van der Waals surface area contributed by atoms with Gasteiger partial charge in [0.1, 0.15) is 5.60 Å². The third kappa shape index (κ3) is 4.12. The zero-order valence-corrected chi connectivity index (χ0v) is 14.8. The molecule has 0 atom stereocenters. The van der Waals surface area contributed by atoms with Gasteiger partial charge in [-0.15, -0.1) is 0 Å². The molecular formula is C19H27NO3. The molecule has 1 aromatic rings. The third-order valence-corrected chi connectivity index (χ3v) is 4.03. The molecule has 4 heteroatoms. The number of benzene rings is 1. The summed E-state index contributed by atoms with van der Waals surface area (Å²) >= 11 is 0. The molecule has 0 unspecified atom stereocenters. The molecule has 1 aromatic carbocycles. The first kappa shape index (κ1) is 17.5. The van der Waals surface area contributed by atoms with Crippen LogP contribution >= 0.6 is 0 Å². The number of rotatable bonds is 4. The van der Waals surface area contributed by atoms with Gasteiger partial charge in [0, 0.05) is 18.7 Å². The topological polar surface area (TPSA) is 46.6 Å². The largest absolute Gasteiger partial charge is 0.444 e. The molecule has 23 heavy (non-hydrogen) atoms. The minimum Gasteiger partial charge on any atom is -0.444 e. The monoisotopic (exact) mass is 317 g/mol. The molecule has 1 aliphatic heterocycles. The van der Waals surface area contributed by atoms with Gasteiger partial charge >= 0.3 is 6.09 Å². The zero-order chi connectivity index (χ0) is 17.3. The molecule has 1 fully saturated rings. The highest BCUT2D eigenvalue weighted by Gasteiger charge is 2.48. The summed E-state index contributed by atoms with van der Waals surface area (Å²) < 4.78 is 5.34. The van der Waals surface area contributed by atoms with Gasteiger partial charge in [-0.25, -0.2) is 4.79 Å². The van der Waals surface area contributed by atoms with Gasteiger partial charge in [0.15, 0.2) is 5.78 Å². The van der Waals surface area contributed by atoms with Crippen LogP contribution in [0.2, 0.25) is 0 Å². The van der Waals surface area contributed by atoms with Crippen molar-refractivity contribution in [2.75, 3.05) is 13.1 Å². The van der Waals surface area contributed by atoms with Crippen LogP contribution < -0.4 is 0 Å². The van der Waals surface area contributed by atoms with Crippen molar-refractivity contribution >= 4 is 11.9 Å². The van der Waals surface area contributed by atoms with Gasteiger partial charge in [0.2, 0.25) is 0 Å². The second-order valence-corrected chi connectivity index (χ2v) is 7.67. The van der Waals surface area contributed by atoms with Gasteiger partial charge in [-0.2, -0.15) is 0 Å². The van der Waals surface area contributed by atoms with Crippen LogP contribution in [0.3, 0.4) is 0 Å². The van der Waals surface area contributed by atoms with E-state index in [0.29, 0.717) is 13.1 Å². The summed E-state index contributed by atoms with van der Waals surface area (Å²) in [7, 11) is 0. The van der Waals surface area contributed by atoms with Crippen LogP contribution in [0.4, 0.5) is 4.79 Å². The molecule has 2 rings (SSSR count). The number of amides is 1. The normalized spacial score (nSPS) is 16.7. The van der Waals surface area contributed by atoms with Crippen LogP contribution in [0.1, 0.15) is 57.0 Å². The first-order chi connectivity index (χ1) is 10.6. The predicted octanol–water partition coefficient (Wildman–Crippen LogP) is 4.08. The minimum atomic E-state index is -0.512. The van der Waals surface area contributed by atoms with Crippen molar-refractivity contribution in [3.63, 3.8) is 0 Å². The first-order valence-electron chi connectivity index (χ1n) is 8.26. The fraction of sp³-hybridized carbons (Fsp3) is 0.579. The highest BCUT2D eigenvalue weighted by atomic mass is 16.6. The molecule has 1 heterocycles. The number of ketones is 1. The molecule has 0 spiro atoms. The average molecular weight is 317 g/mol. The maximum Gasteiger partial charge on any atom is 0.410 e. The van der Waals surface area contributed by atoms with Crippen LogP contribution in [0, 0.1) is 5.41 Å². The van der Waals surface area contributed by atoms with Crippen LogP contribution in [0.15, 0.2) is 24.3 Å². The Kier molecular flexibility index (Phi) is 4.83. The van der Waals surface area contributed by atoms with Crippen molar-refractivity contribution in [1.29, 1.82) is 0 Å². The minimum absolute atomic E-state index is 0.0976. The average Bonchev–Trinajstić information content (AvgIpc) is 2.42. The number of hydrogen-bond acceptors (Lipinski definition) is 3. The molecule has 1 saturated heterocycles. The SMILES string of the molecule is CCCc1ccc(C(=O)C2(C)CN(C(=O)OC(C)(C)C)C2)cc1. The summed E-state index contributed by atoms with van der Waals surface area (Å²) in [5.74, 6) is 0.0976. The Morgan fingerprint density at radius 2 is 1.74 bits per heavy atom. The van der Waals surface area contributed by atoms with E-state index in [-0.39, 0.29) is 11.9 Å². The number of Topliss-reactive ketones (excluding diaryl/α,β-unsaturated/α-hetero) is 1. The summed E-state index contributed by atoms with van der Waals surface area (Å²) in [5, 5.41) is 0. The van der Waals surface area contributed by atoms with E-state index >= 15 is 0 Å². The van der Waals surface area contributed by atoms with Crippen molar-refractivity contribution < 1.29 is 14.3 Å². The molecule has 0 bridgehead atoms. The molecule has 126 valence electrons. The molecular weight excluding hydrogens is 290 g/mol. The summed E-state index contributed by atoms with van der Waals surface area (Å²) in [4.78, 5) is 26.3. The molecule has 0 aliphatic carbocycles. The highest BCUT2D eigenvalue weighted by Crippen LogP contribution is 2.34. The predicted molar refractivity (Wildman–Crippen MR) is 90.7 cm³/mol. The van der Waals surface area contributed by atoms with Crippen LogP contribution in [-0.4, -0.2) is 35.5 Å². The fourth-order valence-corrected chi connectivity index (χ4v) is 2.86. The Hall–Kier alpha value is -1.84. The quantitative estimate of drug-likeness (QED) is 0.786. The first-order valence-corrected chi connectivity index (χ1v) is 8.26. The van der Waals surface area contributed by atoms with Crippen molar-refractivity contribution in [3.05, 3.63) is 35.4 Å². The Labute approximate surface area is 138 Å². The number of likely N-dealkylation sites (tertiary alicyclic amines) is 1. The molecule has 0 saturated carbocycles. The van der Waals surface area contributed by atoms with E-state index < -0.39 is 11.0 Å². The van der Waals surface area contributed by atoms with Gasteiger partial charge in [-0.1, -0.05) is 37.6 Å². The second kappa shape index (κ2) is 6.34. The number of nitrogens with zero attached hydrogens (tertiary/aromatic N) is 1. The second-order valence-electron chi connectivity index (χ2n) is 7.67. The van der Waals surface area contributed by atoms with E-state index in [0.717, 1.165) is 18.4 Å². The van der Waals surface area contributed by atoms with Crippen molar-refractivity contribution in [3.8, 4) is 0 Å². The zero-order valence-electron chi connectivity index (χ0n) is 14.8. The number of ether oxygens (including phenoxy) is 1. The van der Waals surface area contributed by atoms with Gasteiger partial charge < -0.3 is 9.64 Å². The summed E-state index contributed by atoms with van der Waals surface area (Å²) in [6, 6.07) is 7.83. The van der Waals surface area contributed by atoms with Crippen molar-refractivity contribution in [2.45, 2.75) is 53.1 Å². The Morgan fingerprint density at radius 1 is 1.17 bits per heavy atom. The lowest BCUT2D eigenvalue weighted by Crippen LogP contribution is -2.61. The van der Waals surface area contributed by atoms with Gasteiger partial charge in [0.25, 0.3) is 0 Å². The van der Waals surface area contributed by atoms with Gasteiger partial charge in [-0.05, 0) is 39.7 Å². The molecule has 0 aromatic heterocycles. The number of hydrogen-bond donors (Lipinski definition) is 0. The van der Waals surface area contributed by atoms with Gasteiger partial charge in [0.05, 0.1) is 5.41 Å². The smallest absolute Gasteiger partial charge is 0.410 e. The number of carbonyl (C=O) groups excluding carboxylic acids is 2. The summed E-state index contributed by atoms with van der Waals surface area (Å²) in [6.45, 7) is 10.4.